The van der Waals surface area contributed by atoms with E-state index in [0.717, 1.165) is 33.2 Å². The van der Waals surface area contributed by atoms with Crippen LogP contribution in [0.25, 0.3) is 0 Å². The Morgan fingerprint density at radius 1 is 0.926 bits per heavy atom. The van der Waals surface area contributed by atoms with Crippen molar-refractivity contribution >= 4 is 23.5 Å². The van der Waals surface area contributed by atoms with Gasteiger partial charge in [-0.2, -0.15) is 0 Å². The van der Waals surface area contributed by atoms with Crippen LogP contribution in [0.5, 0.6) is 5.75 Å². The summed E-state index contributed by atoms with van der Waals surface area (Å²) < 4.78 is 5.69. The predicted octanol–water partition coefficient (Wildman–Crippen LogP) is 5.56. The molecule has 0 saturated carbocycles. The van der Waals surface area contributed by atoms with E-state index in [4.69, 9.17) is 4.74 Å². The third-order valence-corrected chi connectivity index (χ3v) is 5.00. The van der Waals surface area contributed by atoms with Crippen LogP contribution < -0.4 is 15.4 Å². The number of amides is 2. The summed E-state index contributed by atoms with van der Waals surface area (Å²) in [5.41, 5.74) is 1.88. The molecule has 0 unspecified atom stereocenters. The topological polar surface area (TPSA) is 50.4 Å². The van der Waals surface area contributed by atoms with Crippen LogP contribution in [0.1, 0.15) is 12.5 Å². The minimum atomic E-state index is -0.301. The molecule has 0 heterocycles. The smallest absolute Gasteiger partial charge is 0.321 e. The Morgan fingerprint density at radius 2 is 1.63 bits per heavy atom. The van der Waals surface area contributed by atoms with Gasteiger partial charge in [-0.15, -0.1) is 0 Å². The second kappa shape index (κ2) is 9.69. The van der Waals surface area contributed by atoms with Gasteiger partial charge in [-0.3, -0.25) is 0 Å². The highest BCUT2D eigenvalue weighted by Crippen LogP contribution is 2.33. The molecule has 3 aromatic rings. The van der Waals surface area contributed by atoms with Crippen LogP contribution >= 0.6 is 11.8 Å². The van der Waals surface area contributed by atoms with Crippen molar-refractivity contribution in [2.75, 3.05) is 12.0 Å². The van der Waals surface area contributed by atoms with E-state index in [1.165, 1.54) is 0 Å². The van der Waals surface area contributed by atoms with E-state index < -0.39 is 0 Å². The Bertz CT molecular complexity index is 884. The second-order valence-corrected chi connectivity index (χ2v) is 6.91. The molecular formula is C22H22N2O2S. The van der Waals surface area contributed by atoms with Gasteiger partial charge in [0.05, 0.1) is 5.69 Å². The maximum atomic E-state index is 12.3. The molecule has 0 spiro atoms. The van der Waals surface area contributed by atoms with E-state index in [-0.39, 0.29) is 12.8 Å². The molecule has 3 rings (SSSR count). The van der Waals surface area contributed by atoms with Gasteiger partial charge in [0, 0.05) is 9.79 Å². The maximum absolute atomic E-state index is 12.3. The fraction of sp³-hybridized carbons (Fsp3) is 0.136. The number of aryl methyl sites for hydroxylation is 1. The van der Waals surface area contributed by atoms with Crippen molar-refractivity contribution in [3.8, 4) is 5.75 Å². The molecular weight excluding hydrogens is 356 g/mol. The summed E-state index contributed by atoms with van der Waals surface area (Å²) in [6.07, 6.45) is 0.881. The van der Waals surface area contributed by atoms with Crippen molar-refractivity contribution in [1.29, 1.82) is 0 Å². The van der Waals surface area contributed by atoms with Crippen molar-refractivity contribution in [2.24, 2.45) is 0 Å². The van der Waals surface area contributed by atoms with Crippen LogP contribution in [-0.4, -0.2) is 12.8 Å². The average Bonchev–Trinajstić information content (AvgIpc) is 2.70. The van der Waals surface area contributed by atoms with E-state index in [2.05, 4.69) is 17.6 Å². The molecule has 0 saturated heterocycles. The largest absolute Gasteiger partial charge is 0.473 e. The van der Waals surface area contributed by atoms with Gasteiger partial charge < -0.3 is 15.4 Å². The van der Waals surface area contributed by atoms with E-state index in [9.17, 15) is 4.79 Å². The predicted molar refractivity (Wildman–Crippen MR) is 110 cm³/mol. The molecule has 4 nitrogen and oxygen atoms in total. The Morgan fingerprint density at radius 3 is 2.44 bits per heavy atom. The Labute approximate surface area is 164 Å². The summed E-state index contributed by atoms with van der Waals surface area (Å²) in [5.74, 6) is 0.792. The molecule has 138 valence electrons. The van der Waals surface area contributed by atoms with Crippen LogP contribution in [0.15, 0.2) is 88.7 Å². The maximum Gasteiger partial charge on any atom is 0.321 e. The van der Waals surface area contributed by atoms with Gasteiger partial charge in [0.1, 0.15) is 5.75 Å². The lowest BCUT2D eigenvalue weighted by molar-refractivity contribution is 0.234. The first kappa shape index (κ1) is 18.9. The van der Waals surface area contributed by atoms with Gasteiger partial charge >= 0.3 is 6.03 Å². The number of anilines is 1. The normalized spacial score (nSPS) is 10.3. The van der Waals surface area contributed by atoms with Crippen molar-refractivity contribution in [1.82, 2.24) is 5.32 Å². The van der Waals surface area contributed by atoms with Crippen molar-refractivity contribution in [3.63, 3.8) is 0 Å². The molecule has 0 fully saturated rings. The zero-order chi connectivity index (χ0) is 18.9. The molecule has 27 heavy (non-hydrogen) atoms. The monoisotopic (exact) mass is 378 g/mol. The van der Waals surface area contributed by atoms with E-state index >= 15 is 0 Å². The number of hydrogen-bond acceptors (Lipinski definition) is 3. The molecule has 0 aliphatic carbocycles. The number of rotatable bonds is 7. The van der Waals surface area contributed by atoms with Gasteiger partial charge in [-0.05, 0) is 42.3 Å². The Hall–Kier alpha value is -2.92. The number of benzene rings is 3. The third kappa shape index (κ3) is 5.53. The van der Waals surface area contributed by atoms with E-state index in [1.807, 2.05) is 78.9 Å². The number of nitrogens with one attached hydrogen (secondary N) is 2. The highest BCUT2D eigenvalue weighted by atomic mass is 32.2. The number of hydrogen-bond donors (Lipinski definition) is 2. The fourth-order valence-electron chi connectivity index (χ4n) is 2.56. The lowest BCUT2D eigenvalue weighted by Gasteiger charge is -2.13. The highest BCUT2D eigenvalue weighted by molar-refractivity contribution is 7.99. The van der Waals surface area contributed by atoms with Crippen LogP contribution in [-0.2, 0) is 6.42 Å². The van der Waals surface area contributed by atoms with Crippen molar-refractivity contribution < 1.29 is 9.53 Å². The summed E-state index contributed by atoms with van der Waals surface area (Å²) in [6.45, 7) is 2.18. The molecule has 0 bridgehead atoms. The molecule has 2 N–H and O–H groups in total. The standard InChI is InChI=1S/C22H22N2O2S/c1-2-17-10-6-8-14-20(17)26-16-23-22(25)24-19-13-7-9-15-21(19)27-18-11-4-3-5-12-18/h3-15H,2,16H2,1H3,(H2,23,24,25). The average molecular weight is 378 g/mol. The number of ether oxygens (including phenoxy) is 1. The van der Waals surface area contributed by atoms with Crippen LogP contribution in [0.4, 0.5) is 10.5 Å². The molecule has 2 amide bonds. The van der Waals surface area contributed by atoms with Crippen LogP contribution in [0.2, 0.25) is 0 Å². The van der Waals surface area contributed by atoms with Crippen molar-refractivity contribution in [2.45, 2.75) is 23.1 Å². The zero-order valence-electron chi connectivity index (χ0n) is 15.1. The summed E-state index contributed by atoms with van der Waals surface area (Å²) in [7, 11) is 0. The fourth-order valence-corrected chi connectivity index (χ4v) is 3.48. The molecule has 0 aliphatic rings. The minimum Gasteiger partial charge on any atom is -0.473 e. The molecule has 0 atom stereocenters. The first-order valence-electron chi connectivity index (χ1n) is 8.83. The number of para-hydroxylation sites is 2. The van der Waals surface area contributed by atoms with Crippen LogP contribution in [0.3, 0.4) is 0 Å². The van der Waals surface area contributed by atoms with Gasteiger partial charge in [-0.25, -0.2) is 4.79 Å². The van der Waals surface area contributed by atoms with Gasteiger partial charge in [0.15, 0.2) is 6.73 Å². The summed E-state index contributed by atoms with van der Waals surface area (Å²) in [4.78, 5) is 14.4. The first-order valence-corrected chi connectivity index (χ1v) is 9.65. The minimum absolute atomic E-state index is 0.108. The molecule has 0 radical (unpaired) electrons. The quantitative estimate of drug-likeness (QED) is 0.529. The lowest BCUT2D eigenvalue weighted by Crippen LogP contribution is -2.32. The molecule has 3 aromatic carbocycles. The third-order valence-electron chi connectivity index (χ3n) is 3.92. The zero-order valence-corrected chi connectivity index (χ0v) is 16.0. The van der Waals surface area contributed by atoms with Gasteiger partial charge in [0.25, 0.3) is 0 Å². The van der Waals surface area contributed by atoms with Gasteiger partial charge in [0.2, 0.25) is 0 Å². The lowest BCUT2D eigenvalue weighted by atomic mass is 10.1. The summed E-state index contributed by atoms with van der Waals surface area (Å²) in [5, 5.41) is 5.64. The summed E-state index contributed by atoms with van der Waals surface area (Å²) >= 11 is 1.61. The summed E-state index contributed by atoms with van der Waals surface area (Å²) in [6, 6.07) is 25.3. The molecule has 5 heteroatoms. The van der Waals surface area contributed by atoms with Gasteiger partial charge in [-0.1, -0.05) is 67.2 Å². The van der Waals surface area contributed by atoms with E-state index in [0.29, 0.717) is 0 Å². The highest BCUT2D eigenvalue weighted by Gasteiger charge is 2.08. The number of carbonyl (C=O) groups is 1. The van der Waals surface area contributed by atoms with E-state index in [1.54, 1.807) is 11.8 Å². The Balaban J connectivity index is 1.56. The molecule has 0 aliphatic heterocycles. The van der Waals surface area contributed by atoms with Crippen LogP contribution in [0, 0.1) is 0 Å². The SMILES string of the molecule is CCc1ccccc1OCNC(=O)Nc1ccccc1Sc1ccccc1. The number of urea groups is 1. The molecule has 0 aromatic heterocycles. The number of carbonyl (C=O) groups excluding carboxylic acids is 1. The first-order chi connectivity index (χ1) is 13.3. The second-order valence-electron chi connectivity index (χ2n) is 5.79. The van der Waals surface area contributed by atoms with Crippen molar-refractivity contribution in [3.05, 3.63) is 84.4 Å². The Kier molecular flexibility index (Phi) is 6.77.